The van der Waals surface area contributed by atoms with Crippen molar-refractivity contribution in [3.63, 3.8) is 0 Å². The summed E-state index contributed by atoms with van der Waals surface area (Å²) in [5.74, 6) is 0.128. The molecule has 2 aliphatic rings. The fourth-order valence-electron chi connectivity index (χ4n) is 3.72. The average Bonchev–Trinajstić information content (AvgIpc) is 3.34. The van der Waals surface area contributed by atoms with Crippen molar-refractivity contribution < 1.29 is 9.53 Å². The largest absolute Gasteiger partial charge is 0.378 e. The predicted molar refractivity (Wildman–Crippen MR) is 95.8 cm³/mol. The molecule has 6 heteroatoms. The van der Waals surface area contributed by atoms with Crippen molar-refractivity contribution in [2.75, 3.05) is 37.7 Å². The summed E-state index contributed by atoms with van der Waals surface area (Å²) in [7, 11) is 0. The first-order valence-electron chi connectivity index (χ1n) is 9.02. The van der Waals surface area contributed by atoms with Crippen LogP contribution in [-0.4, -0.2) is 59.5 Å². The Balaban J connectivity index is 1.44. The zero-order valence-corrected chi connectivity index (χ0v) is 14.4. The number of carbonyl (C=O) groups excluding carboxylic acids is 1. The van der Waals surface area contributed by atoms with E-state index in [9.17, 15) is 4.79 Å². The van der Waals surface area contributed by atoms with Crippen molar-refractivity contribution in [1.29, 1.82) is 0 Å². The van der Waals surface area contributed by atoms with Gasteiger partial charge in [-0.2, -0.15) is 5.10 Å². The smallest absolute Gasteiger partial charge is 0.254 e. The minimum absolute atomic E-state index is 0.128. The molecule has 0 aliphatic carbocycles. The standard InChI is InChI=1S/C19H24N4O2/c24-19(23-10-1-3-18(23)15-22-9-2-8-20-22)16-4-6-17(7-5-16)21-11-13-25-14-12-21/h2,4-9,18H,1,3,10-15H2/t18-/m0/s1. The van der Waals surface area contributed by atoms with Gasteiger partial charge in [0, 0.05) is 43.3 Å². The van der Waals surface area contributed by atoms with Crippen LogP contribution in [0.15, 0.2) is 42.7 Å². The first-order valence-corrected chi connectivity index (χ1v) is 9.02. The molecule has 2 aromatic rings. The number of carbonyl (C=O) groups is 1. The molecule has 0 saturated carbocycles. The van der Waals surface area contributed by atoms with Gasteiger partial charge >= 0.3 is 0 Å². The average molecular weight is 340 g/mol. The Morgan fingerprint density at radius 3 is 2.68 bits per heavy atom. The van der Waals surface area contributed by atoms with Crippen LogP contribution in [0, 0.1) is 0 Å². The first kappa shape index (κ1) is 16.1. The molecule has 25 heavy (non-hydrogen) atoms. The summed E-state index contributed by atoms with van der Waals surface area (Å²) < 4.78 is 7.31. The Morgan fingerprint density at radius 2 is 1.96 bits per heavy atom. The van der Waals surface area contributed by atoms with Crippen LogP contribution in [0.3, 0.4) is 0 Å². The highest BCUT2D eigenvalue weighted by molar-refractivity contribution is 5.95. The first-order chi connectivity index (χ1) is 12.3. The number of likely N-dealkylation sites (tertiary alicyclic amines) is 1. The van der Waals surface area contributed by atoms with Gasteiger partial charge in [-0.05, 0) is 43.2 Å². The highest BCUT2D eigenvalue weighted by atomic mass is 16.5. The molecule has 132 valence electrons. The van der Waals surface area contributed by atoms with Gasteiger partial charge < -0.3 is 14.5 Å². The summed E-state index contributed by atoms with van der Waals surface area (Å²) >= 11 is 0. The Kier molecular flexibility index (Phi) is 4.70. The molecule has 0 unspecified atom stereocenters. The van der Waals surface area contributed by atoms with Crippen LogP contribution in [0.5, 0.6) is 0 Å². The number of ether oxygens (including phenoxy) is 1. The number of amides is 1. The third kappa shape index (κ3) is 3.54. The normalized spacial score (nSPS) is 20.9. The monoisotopic (exact) mass is 340 g/mol. The summed E-state index contributed by atoms with van der Waals surface area (Å²) in [4.78, 5) is 17.2. The summed E-state index contributed by atoms with van der Waals surface area (Å²) in [6.45, 7) is 4.95. The highest BCUT2D eigenvalue weighted by Crippen LogP contribution is 2.23. The number of nitrogens with zero attached hydrogens (tertiary/aromatic N) is 4. The SMILES string of the molecule is O=C(c1ccc(N2CCOCC2)cc1)N1CCC[C@H]1Cn1cccn1. The zero-order chi connectivity index (χ0) is 17.1. The second kappa shape index (κ2) is 7.27. The molecule has 1 aromatic heterocycles. The number of rotatable bonds is 4. The van der Waals surface area contributed by atoms with Crippen molar-refractivity contribution in [2.24, 2.45) is 0 Å². The summed E-state index contributed by atoms with van der Waals surface area (Å²) in [6.07, 6.45) is 5.84. The molecule has 1 atom stereocenters. The summed E-state index contributed by atoms with van der Waals surface area (Å²) in [5, 5.41) is 4.27. The lowest BCUT2D eigenvalue weighted by Gasteiger charge is -2.29. The molecule has 2 saturated heterocycles. The van der Waals surface area contributed by atoms with E-state index >= 15 is 0 Å². The van der Waals surface area contributed by atoms with E-state index in [1.807, 2.05) is 34.0 Å². The second-order valence-corrected chi connectivity index (χ2v) is 6.67. The number of hydrogen-bond donors (Lipinski definition) is 0. The van der Waals surface area contributed by atoms with E-state index < -0.39 is 0 Å². The minimum atomic E-state index is 0.128. The van der Waals surface area contributed by atoms with Gasteiger partial charge in [-0.25, -0.2) is 0 Å². The lowest BCUT2D eigenvalue weighted by atomic mass is 10.1. The molecule has 0 spiro atoms. The molecule has 0 bridgehead atoms. The number of anilines is 1. The molecule has 0 radical (unpaired) electrons. The Hall–Kier alpha value is -2.34. The van der Waals surface area contributed by atoms with E-state index in [4.69, 9.17) is 4.74 Å². The van der Waals surface area contributed by atoms with Crippen LogP contribution in [0.1, 0.15) is 23.2 Å². The van der Waals surface area contributed by atoms with Crippen molar-refractivity contribution in [3.8, 4) is 0 Å². The number of benzene rings is 1. The topological polar surface area (TPSA) is 50.6 Å². The van der Waals surface area contributed by atoms with Gasteiger partial charge in [0.1, 0.15) is 0 Å². The fourth-order valence-corrected chi connectivity index (χ4v) is 3.72. The van der Waals surface area contributed by atoms with Gasteiger partial charge in [-0.15, -0.1) is 0 Å². The highest BCUT2D eigenvalue weighted by Gasteiger charge is 2.29. The van der Waals surface area contributed by atoms with E-state index in [0.29, 0.717) is 0 Å². The number of hydrogen-bond acceptors (Lipinski definition) is 4. The third-order valence-corrected chi connectivity index (χ3v) is 5.09. The molecule has 2 aliphatic heterocycles. The molecular weight excluding hydrogens is 316 g/mol. The van der Waals surface area contributed by atoms with E-state index in [-0.39, 0.29) is 11.9 Å². The number of morpholine rings is 1. The minimum Gasteiger partial charge on any atom is -0.378 e. The lowest BCUT2D eigenvalue weighted by molar-refractivity contribution is 0.0721. The van der Waals surface area contributed by atoms with E-state index in [2.05, 4.69) is 22.1 Å². The lowest BCUT2D eigenvalue weighted by Crippen LogP contribution is -2.38. The van der Waals surface area contributed by atoms with Crippen LogP contribution >= 0.6 is 0 Å². The van der Waals surface area contributed by atoms with E-state index in [0.717, 1.165) is 63.5 Å². The molecule has 1 amide bonds. The Labute approximate surface area is 148 Å². The van der Waals surface area contributed by atoms with Gasteiger partial charge in [0.05, 0.1) is 25.8 Å². The maximum Gasteiger partial charge on any atom is 0.254 e. The molecule has 1 aromatic carbocycles. The van der Waals surface area contributed by atoms with Crippen LogP contribution in [0.4, 0.5) is 5.69 Å². The van der Waals surface area contributed by atoms with Crippen molar-refractivity contribution in [3.05, 3.63) is 48.3 Å². The van der Waals surface area contributed by atoms with Crippen molar-refractivity contribution in [1.82, 2.24) is 14.7 Å². The fraction of sp³-hybridized carbons (Fsp3) is 0.474. The van der Waals surface area contributed by atoms with E-state index in [1.54, 1.807) is 6.20 Å². The summed E-state index contributed by atoms with van der Waals surface area (Å²) in [5.41, 5.74) is 1.93. The van der Waals surface area contributed by atoms with Gasteiger partial charge in [-0.3, -0.25) is 9.48 Å². The number of aromatic nitrogens is 2. The molecule has 4 rings (SSSR count). The third-order valence-electron chi connectivity index (χ3n) is 5.09. The van der Waals surface area contributed by atoms with Crippen LogP contribution < -0.4 is 4.90 Å². The van der Waals surface area contributed by atoms with E-state index in [1.165, 1.54) is 0 Å². The molecule has 3 heterocycles. The predicted octanol–water partition coefficient (Wildman–Crippen LogP) is 2.02. The molecule has 2 fully saturated rings. The maximum atomic E-state index is 12.9. The molecule has 6 nitrogen and oxygen atoms in total. The van der Waals surface area contributed by atoms with Gasteiger partial charge in [-0.1, -0.05) is 0 Å². The maximum absolute atomic E-state index is 12.9. The van der Waals surface area contributed by atoms with Gasteiger partial charge in [0.2, 0.25) is 0 Å². The molecule has 0 N–H and O–H groups in total. The molecular formula is C19H24N4O2. The zero-order valence-electron chi connectivity index (χ0n) is 14.4. The van der Waals surface area contributed by atoms with Crippen LogP contribution in [0.25, 0.3) is 0 Å². The van der Waals surface area contributed by atoms with Crippen molar-refractivity contribution >= 4 is 11.6 Å². The quantitative estimate of drug-likeness (QED) is 0.854. The Morgan fingerprint density at radius 1 is 1.16 bits per heavy atom. The Bertz CT molecular complexity index is 693. The van der Waals surface area contributed by atoms with Crippen LogP contribution in [0.2, 0.25) is 0 Å². The summed E-state index contributed by atoms with van der Waals surface area (Å²) in [6, 6.07) is 10.2. The van der Waals surface area contributed by atoms with Gasteiger partial charge in [0.25, 0.3) is 5.91 Å². The van der Waals surface area contributed by atoms with Crippen LogP contribution in [-0.2, 0) is 11.3 Å². The second-order valence-electron chi connectivity index (χ2n) is 6.67. The van der Waals surface area contributed by atoms with Gasteiger partial charge in [0.15, 0.2) is 0 Å². The van der Waals surface area contributed by atoms with Crippen molar-refractivity contribution in [2.45, 2.75) is 25.4 Å².